The van der Waals surface area contributed by atoms with Crippen molar-refractivity contribution in [1.82, 2.24) is 4.98 Å². The van der Waals surface area contributed by atoms with E-state index in [4.69, 9.17) is 21.6 Å². The molecule has 1 aromatic heterocycles. The van der Waals surface area contributed by atoms with E-state index < -0.39 is 0 Å². The van der Waals surface area contributed by atoms with Crippen molar-refractivity contribution in [2.24, 2.45) is 0 Å². The van der Waals surface area contributed by atoms with Crippen LogP contribution < -0.4 is 4.74 Å². The SMILES string of the molecule is CCOc1c(C)c(C)c2c(Cl)c(C#N)cnc2c1C. The summed E-state index contributed by atoms with van der Waals surface area (Å²) in [7, 11) is 0. The van der Waals surface area contributed by atoms with E-state index >= 15 is 0 Å². The standard InChI is InChI=1S/C15H15ClN2O/c1-5-19-15-9(3)8(2)12-13(16)11(6-17)7-18-14(12)10(15)4/h7H,5H2,1-4H3. The van der Waals surface area contributed by atoms with E-state index in [9.17, 15) is 0 Å². The van der Waals surface area contributed by atoms with Crippen LogP contribution in [0.2, 0.25) is 5.02 Å². The van der Waals surface area contributed by atoms with Crippen LogP contribution in [0.3, 0.4) is 0 Å². The predicted octanol–water partition coefficient (Wildman–Crippen LogP) is 4.08. The molecular formula is C15H15ClN2O. The Morgan fingerprint density at radius 1 is 1.26 bits per heavy atom. The van der Waals surface area contributed by atoms with Gasteiger partial charge in [-0.1, -0.05) is 11.6 Å². The lowest BCUT2D eigenvalue weighted by Crippen LogP contribution is -2.01. The highest BCUT2D eigenvalue weighted by molar-refractivity contribution is 6.37. The Bertz CT molecular complexity index is 702. The molecule has 2 rings (SSSR count). The van der Waals surface area contributed by atoms with Gasteiger partial charge in [-0.2, -0.15) is 5.26 Å². The summed E-state index contributed by atoms with van der Waals surface area (Å²) in [4.78, 5) is 4.37. The summed E-state index contributed by atoms with van der Waals surface area (Å²) in [6.07, 6.45) is 1.52. The van der Waals surface area contributed by atoms with Gasteiger partial charge in [0.05, 0.1) is 22.7 Å². The lowest BCUT2D eigenvalue weighted by Gasteiger charge is -2.17. The summed E-state index contributed by atoms with van der Waals surface area (Å²) in [6.45, 7) is 8.51. The number of benzene rings is 1. The van der Waals surface area contributed by atoms with Crippen LogP contribution in [0.15, 0.2) is 6.20 Å². The molecule has 0 bridgehead atoms. The van der Waals surface area contributed by atoms with Gasteiger partial charge in [-0.15, -0.1) is 0 Å². The second-order valence-electron chi connectivity index (χ2n) is 4.46. The molecule has 3 nitrogen and oxygen atoms in total. The number of fused-ring (bicyclic) bond motifs is 1. The summed E-state index contributed by atoms with van der Waals surface area (Å²) in [6, 6.07) is 2.07. The second-order valence-corrected chi connectivity index (χ2v) is 4.84. The summed E-state index contributed by atoms with van der Waals surface area (Å²) >= 11 is 6.32. The Balaban J connectivity index is 2.94. The number of ether oxygens (including phenoxy) is 1. The maximum absolute atomic E-state index is 9.05. The van der Waals surface area contributed by atoms with Crippen molar-refractivity contribution in [3.8, 4) is 11.8 Å². The molecule has 0 saturated carbocycles. The van der Waals surface area contributed by atoms with Crippen molar-refractivity contribution < 1.29 is 4.74 Å². The zero-order valence-corrected chi connectivity index (χ0v) is 12.2. The number of hydrogen-bond donors (Lipinski definition) is 0. The lowest BCUT2D eigenvalue weighted by atomic mass is 9.97. The summed E-state index contributed by atoms with van der Waals surface area (Å²) in [5, 5.41) is 10.4. The van der Waals surface area contributed by atoms with Gasteiger partial charge < -0.3 is 4.74 Å². The smallest absolute Gasteiger partial charge is 0.127 e. The molecule has 0 N–H and O–H groups in total. The lowest BCUT2D eigenvalue weighted by molar-refractivity contribution is 0.336. The molecule has 0 atom stereocenters. The molecule has 0 saturated heterocycles. The molecule has 0 fully saturated rings. The van der Waals surface area contributed by atoms with Gasteiger partial charge in [0, 0.05) is 17.1 Å². The number of aryl methyl sites for hydroxylation is 2. The molecule has 0 aliphatic carbocycles. The second kappa shape index (κ2) is 5.07. The first-order valence-corrected chi connectivity index (χ1v) is 6.51. The van der Waals surface area contributed by atoms with Crippen LogP contribution in [0.25, 0.3) is 10.9 Å². The Labute approximate surface area is 117 Å². The zero-order chi connectivity index (χ0) is 14.2. The fourth-order valence-corrected chi connectivity index (χ4v) is 2.62. The average molecular weight is 275 g/mol. The fourth-order valence-electron chi connectivity index (χ4n) is 2.30. The average Bonchev–Trinajstić information content (AvgIpc) is 2.41. The first-order valence-electron chi connectivity index (χ1n) is 6.13. The summed E-state index contributed by atoms with van der Waals surface area (Å²) in [5.74, 6) is 0.862. The fraction of sp³-hybridized carbons (Fsp3) is 0.333. The number of halogens is 1. The normalized spacial score (nSPS) is 10.5. The highest BCUT2D eigenvalue weighted by atomic mass is 35.5. The van der Waals surface area contributed by atoms with Gasteiger partial charge in [0.2, 0.25) is 0 Å². The Hall–Kier alpha value is -1.79. The number of pyridine rings is 1. The molecule has 19 heavy (non-hydrogen) atoms. The molecule has 0 unspecified atom stereocenters. The van der Waals surface area contributed by atoms with Crippen molar-refractivity contribution in [1.29, 1.82) is 5.26 Å². The van der Waals surface area contributed by atoms with E-state index in [1.165, 1.54) is 6.20 Å². The van der Waals surface area contributed by atoms with Gasteiger partial charge in [0.1, 0.15) is 11.8 Å². The van der Waals surface area contributed by atoms with E-state index in [0.717, 1.165) is 33.3 Å². The molecule has 1 heterocycles. The Morgan fingerprint density at radius 2 is 1.95 bits per heavy atom. The molecule has 4 heteroatoms. The highest BCUT2D eigenvalue weighted by Gasteiger charge is 2.17. The van der Waals surface area contributed by atoms with Crippen LogP contribution in [-0.4, -0.2) is 11.6 Å². The third-order valence-corrected chi connectivity index (χ3v) is 3.79. The first kappa shape index (κ1) is 13.6. The Kier molecular flexibility index (Phi) is 3.64. The third kappa shape index (κ3) is 2.02. The maximum Gasteiger partial charge on any atom is 0.127 e. The predicted molar refractivity (Wildman–Crippen MR) is 76.8 cm³/mol. The Morgan fingerprint density at radius 3 is 2.53 bits per heavy atom. The molecular weight excluding hydrogens is 260 g/mol. The van der Waals surface area contributed by atoms with Crippen molar-refractivity contribution in [3.05, 3.63) is 33.5 Å². The van der Waals surface area contributed by atoms with Gasteiger partial charge in [-0.05, 0) is 38.8 Å². The van der Waals surface area contributed by atoms with Crippen LogP contribution in [0, 0.1) is 32.1 Å². The minimum Gasteiger partial charge on any atom is -0.493 e. The van der Waals surface area contributed by atoms with E-state index in [1.807, 2.05) is 27.7 Å². The van der Waals surface area contributed by atoms with Crippen LogP contribution in [0.5, 0.6) is 5.75 Å². The summed E-state index contributed by atoms with van der Waals surface area (Å²) < 4.78 is 5.70. The van der Waals surface area contributed by atoms with Crippen molar-refractivity contribution in [2.45, 2.75) is 27.7 Å². The van der Waals surface area contributed by atoms with Crippen molar-refractivity contribution in [3.63, 3.8) is 0 Å². The monoisotopic (exact) mass is 274 g/mol. The van der Waals surface area contributed by atoms with E-state index in [1.54, 1.807) is 0 Å². The number of hydrogen-bond acceptors (Lipinski definition) is 3. The van der Waals surface area contributed by atoms with Crippen LogP contribution in [0.1, 0.15) is 29.2 Å². The molecule has 0 aliphatic rings. The van der Waals surface area contributed by atoms with Gasteiger partial charge >= 0.3 is 0 Å². The first-order chi connectivity index (χ1) is 9.02. The van der Waals surface area contributed by atoms with Crippen LogP contribution >= 0.6 is 11.6 Å². The van der Waals surface area contributed by atoms with Gasteiger partial charge in [-0.3, -0.25) is 4.98 Å². The number of rotatable bonds is 2. The molecule has 0 spiro atoms. The number of nitriles is 1. The molecule has 2 aromatic rings. The highest BCUT2D eigenvalue weighted by Crippen LogP contribution is 2.38. The quantitative estimate of drug-likeness (QED) is 0.829. The van der Waals surface area contributed by atoms with Crippen molar-refractivity contribution >= 4 is 22.5 Å². The third-order valence-electron chi connectivity index (χ3n) is 3.40. The van der Waals surface area contributed by atoms with Crippen molar-refractivity contribution in [2.75, 3.05) is 6.61 Å². The summed E-state index contributed by atoms with van der Waals surface area (Å²) in [5.41, 5.74) is 4.23. The molecule has 0 radical (unpaired) electrons. The van der Waals surface area contributed by atoms with Gasteiger partial charge in [0.25, 0.3) is 0 Å². The zero-order valence-electron chi connectivity index (χ0n) is 11.5. The topological polar surface area (TPSA) is 45.9 Å². The maximum atomic E-state index is 9.05. The molecule has 0 amide bonds. The van der Waals surface area contributed by atoms with E-state index in [0.29, 0.717) is 17.2 Å². The van der Waals surface area contributed by atoms with E-state index in [2.05, 4.69) is 11.1 Å². The largest absolute Gasteiger partial charge is 0.493 e. The van der Waals surface area contributed by atoms with Crippen LogP contribution in [0.4, 0.5) is 0 Å². The van der Waals surface area contributed by atoms with Crippen LogP contribution in [-0.2, 0) is 0 Å². The minimum atomic E-state index is 0.403. The van der Waals surface area contributed by atoms with E-state index in [-0.39, 0.29) is 0 Å². The minimum absolute atomic E-state index is 0.403. The van der Waals surface area contributed by atoms with Gasteiger partial charge in [0.15, 0.2) is 0 Å². The molecule has 1 aromatic carbocycles. The molecule has 98 valence electrons. The molecule has 0 aliphatic heterocycles. The number of nitrogens with zero attached hydrogens (tertiary/aromatic N) is 2. The number of aromatic nitrogens is 1. The van der Waals surface area contributed by atoms with Gasteiger partial charge in [-0.25, -0.2) is 0 Å².